The van der Waals surface area contributed by atoms with Gasteiger partial charge in [-0.05, 0) is 13.0 Å². The molecular weight excluding hydrogens is 308 g/mol. The van der Waals surface area contributed by atoms with E-state index in [0.717, 1.165) is 0 Å². The average Bonchev–Trinajstić information content (AvgIpc) is 2.46. The molecule has 22 heavy (non-hydrogen) atoms. The SMILES string of the molecule is CC(N)CC(=O)N1CCN(c2ccccc2[N+](=O)[O-])CC1.Cl. The normalized spacial score (nSPS) is 15.9. The maximum atomic E-state index is 11.9. The Hall–Kier alpha value is -1.86. The van der Waals surface area contributed by atoms with Crippen LogP contribution < -0.4 is 10.6 Å². The number of halogens is 1. The molecule has 8 heteroatoms. The van der Waals surface area contributed by atoms with Gasteiger partial charge in [-0.15, -0.1) is 12.4 Å². The fourth-order valence-corrected chi connectivity index (χ4v) is 2.49. The molecule has 0 bridgehead atoms. The van der Waals surface area contributed by atoms with E-state index in [1.807, 2.05) is 11.8 Å². The van der Waals surface area contributed by atoms with Crippen LogP contribution in [0.2, 0.25) is 0 Å². The lowest BCUT2D eigenvalue weighted by molar-refractivity contribution is -0.384. The zero-order valence-electron chi connectivity index (χ0n) is 12.5. The van der Waals surface area contributed by atoms with Crippen molar-refractivity contribution in [3.63, 3.8) is 0 Å². The molecule has 1 aromatic carbocycles. The number of nitro groups is 1. The number of carbonyl (C=O) groups is 1. The largest absolute Gasteiger partial charge is 0.362 e. The molecule has 122 valence electrons. The van der Waals surface area contributed by atoms with Crippen LogP contribution in [0.3, 0.4) is 0 Å². The van der Waals surface area contributed by atoms with Crippen molar-refractivity contribution in [3.05, 3.63) is 34.4 Å². The lowest BCUT2D eigenvalue weighted by atomic mass is 10.2. The van der Waals surface area contributed by atoms with Crippen LogP contribution in [0.5, 0.6) is 0 Å². The van der Waals surface area contributed by atoms with Gasteiger partial charge in [-0.25, -0.2) is 0 Å². The molecule has 0 aromatic heterocycles. The highest BCUT2D eigenvalue weighted by atomic mass is 35.5. The maximum Gasteiger partial charge on any atom is 0.292 e. The van der Waals surface area contributed by atoms with E-state index in [2.05, 4.69) is 0 Å². The van der Waals surface area contributed by atoms with E-state index in [1.54, 1.807) is 23.1 Å². The minimum atomic E-state index is -0.372. The summed E-state index contributed by atoms with van der Waals surface area (Å²) in [6, 6.07) is 6.55. The Labute approximate surface area is 135 Å². The summed E-state index contributed by atoms with van der Waals surface area (Å²) in [6.07, 6.45) is 0.339. The first-order chi connectivity index (χ1) is 9.99. The van der Waals surface area contributed by atoms with Crippen molar-refractivity contribution in [1.29, 1.82) is 0 Å². The minimum Gasteiger partial charge on any atom is -0.362 e. The summed E-state index contributed by atoms with van der Waals surface area (Å²) in [4.78, 5) is 26.4. The fraction of sp³-hybridized carbons (Fsp3) is 0.500. The molecule has 1 atom stereocenters. The molecule has 0 saturated carbocycles. The molecule has 2 N–H and O–H groups in total. The molecule has 0 aliphatic carbocycles. The van der Waals surface area contributed by atoms with Crippen molar-refractivity contribution >= 4 is 29.7 Å². The number of piperazine rings is 1. The Morgan fingerprint density at radius 3 is 2.45 bits per heavy atom. The van der Waals surface area contributed by atoms with Crippen LogP contribution in [0.15, 0.2) is 24.3 Å². The topological polar surface area (TPSA) is 92.7 Å². The van der Waals surface area contributed by atoms with Gasteiger partial charge in [-0.2, -0.15) is 0 Å². The zero-order valence-corrected chi connectivity index (χ0v) is 13.3. The van der Waals surface area contributed by atoms with Gasteiger partial charge in [0.1, 0.15) is 5.69 Å². The number of benzene rings is 1. The molecule has 1 saturated heterocycles. The van der Waals surface area contributed by atoms with E-state index in [-0.39, 0.29) is 35.0 Å². The van der Waals surface area contributed by atoms with Gasteiger partial charge in [0, 0.05) is 44.7 Å². The Kier molecular flexibility index (Phi) is 6.58. The van der Waals surface area contributed by atoms with E-state index in [4.69, 9.17) is 5.73 Å². The van der Waals surface area contributed by atoms with E-state index in [0.29, 0.717) is 38.3 Å². The fourth-order valence-electron chi connectivity index (χ4n) is 2.49. The highest BCUT2D eigenvalue weighted by Crippen LogP contribution is 2.28. The van der Waals surface area contributed by atoms with Crippen LogP contribution in [0.1, 0.15) is 13.3 Å². The molecular formula is C14H21ClN4O3. The third kappa shape index (κ3) is 4.32. The molecule has 1 unspecified atom stereocenters. The second kappa shape index (κ2) is 7.95. The highest BCUT2D eigenvalue weighted by molar-refractivity contribution is 5.85. The number of hydrogen-bond acceptors (Lipinski definition) is 5. The van der Waals surface area contributed by atoms with Gasteiger partial charge in [-0.3, -0.25) is 14.9 Å². The summed E-state index contributed by atoms with van der Waals surface area (Å²) in [5.74, 6) is 0.0483. The molecule has 1 aromatic rings. The van der Waals surface area contributed by atoms with Gasteiger partial charge in [0.05, 0.1) is 4.92 Å². The average molecular weight is 329 g/mol. The zero-order chi connectivity index (χ0) is 15.4. The number of nitro benzene ring substituents is 1. The summed E-state index contributed by atoms with van der Waals surface area (Å²) in [6.45, 7) is 4.13. The monoisotopic (exact) mass is 328 g/mol. The summed E-state index contributed by atoms with van der Waals surface area (Å²) in [5, 5.41) is 11.1. The highest BCUT2D eigenvalue weighted by Gasteiger charge is 2.25. The minimum absolute atomic E-state index is 0. The number of rotatable bonds is 4. The molecule has 1 aliphatic heterocycles. The van der Waals surface area contributed by atoms with E-state index >= 15 is 0 Å². The summed E-state index contributed by atoms with van der Waals surface area (Å²) in [7, 11) is 0. The number of hydrogen-bond donors (Lipinski definition) is 1. The van der Waals surface area contributed by atoms with Crippen molar-refractivity contribution in [3.8, 4) is 0 Å². The van der Waals surface area contributed by atoms with Crippen molar-refractivity contribution < 1.29 is 9.72 Å². The van der Waals surface area contributed by atoms with Gasteiger partial charge >= 0.3 is 0 Å². The Bertz CT molecular complexity index is 531. The van der Waals surface area contributed by atoms with Crippen molar-refractivity contribution in [2.75, 3.05) is 31.1 Å². The van der Waals surface area contributed by atoms with Crippen LogP contribution in [-0.2, 0) is 4.79 Å². The second-order valence-corrected chi connectivity index (χ2v) is 5.30. The standard InChI is InChI=1S/C14H20N4O3.ClH/c1-11(15)10-14(19)17-8-6-16(7-9-17)12-4-2-3-5-13(12)18(20)21;/h2-5,11H,6-10,15H2,1H3;1H. The lowest BCUT2D eigenvalue weighted by Gasteiger charge is -2.36. The first-order valence-corrected chi connectivity index (χ1v) is 7.00. The first kappa shape index (κ1) is 18.2. The molecule has 0 radical (unpaired) electrons. The van der Waals surface area contributed by atoms with Crippen molar-refractivity contribution in [1.82, 2.24) is 4.90 Å². The van der Waals surface area contributed by atoms with Gasteiger partial charge in [0.2, 0.25) is 5.91 Å². The predicted molar refractivity (Wildman–Crippen MR) is 87.4 cm³/mol. The van der Waals surface area contributed by atoms with Gasteiger partial charge in [0.15, 0.2) is 0 Å². The van der Waals surface area contributed by atoms with E-state index in [1.165, 1.54) is 6.07 Å². The molecule has 2 rings (SSSR count). The first-order valence-electron chi connectivity index (χ1n) is 7.00. The van der Waals surface area contributed by atoms with Gasteiger partial charge in [0.25, 0.3) is 5.69 Å². The second-order valence-electron chi connectivity index (χ2n) is 5.30. The Morgan fingerprint density at radius 2 is 1.91 bits per heavy atom. The van der Waals surface area contributed by atoms with Crippen LogP contribution in [-0.4, -0.2) is 48.0 Å². The van der Waals surface area contributed by atoms with Crippen molar-refractivity contribution in [2.45, 2.75) is 19.4 Å². The molecule has 1 heterocycles. The molecule has 1 fully saturated rings. The Balaban J connectivity index is 0.00000242. The third-order valence-electron chi connectivity index (χ3n) is 3.55. The van der Waals surface area contributed by atoms with Gasteiger partial charge < -0.3 is 15.5 Å². The summed E-state index contributed by atoms with van der Waals surface area (Å²) >= 11 is 0. The van der Waals surface area contributed by atoms with Crippen molar-refractivity contribution in [2.24, 2.45) is 5.73 Å². The van der Waals surface area contributed by atoms with Crippen LogP contribution in [0.25, 0.3) is 0 Å². The van der Waals surface area contributed by atoms with Gasteiger partial charge in [-0.1, -0.05) is 12.1 Å². The van der Waals surface area contributed by atoms with Crippen LogP contribution in [0, 0.1) is 10.1 Å². The van der Waals surface area contributed by atoms with Crippen LogP contribution >= 0.6 is 12.4 Å². The lowest BCUT2D eigenvalue weighted by Crippen LogP contribution is -2.49. The molecule has 7 nitrogen and oxygen atoms in total. The number of para-hydroxylation sites is 2. The quantitative estimate of drug-likeness (QED) is 0.666. The Morgan fingerprint density at radius 1 is 1.32 bits per heavy atom. The molecule has 1 aliphatic rings. The number of nitrogens with two attached hydrogens (primary N) is 1. The smallest absolute Gasteiger partial charge is 0.292 e. The van der Waals surface area contributed by atoms with Crippen LogP contribution in [0.4, 0.5) is 11.4 Å². The number of carbonyl (C=O) groups excluding carboxylic acids is 1. The number of nitrogens with zero attached hydrogens (tertiary/aromatic N) is 3. The summed E-state index contributed by atoms with van der Waals surface area (Å²) in [5.41, 5.74) is 6.36. The summed E-state index contributed by atoms with van der Waals surface area (Å²) < 4.78 is 0. The van der Waals surface area contributed by atoms with E-state index in [9.17, 15) is 14.9 Å². The predicted octanol–water partition coefficient (Wildman–Crippen LogP) is 1.40. The molecule has 1 amide bonds. The van der Waals surface area contributed by atoms with E-state index < -0.39 is 0 Å². The number of anilines is 1. The number of amides is 1. The maximum absolute atomic E-state index is 11.9. The third-order valence-corrected chi connectivity index (χ3v) is 3.55. The molecule has 0 spiro atoms.